The Morgan fingerprint density at radius 2 is 1.84 bits per heavy atom. The van der Waals surface area contributed by atoms with Crippen LogP contribution in [-0.4, -0.2) is 41.9 Å². The summed E-state index contributed by atoms with van der Waals surface area (Å²) < 4.78 is 5.14. The quantitative estimate of drug-likeness (QED) is 0.624. The monoisotopic (exact) mass is 475 g/mol. The molecule has 0 radical (unpaired) electrons. The van der Waals surface area contributed by atoms with Gasteiger partial charge in [-0.1, -0.05) is 39.3 Å². The van der Waals surface area contributed by atoms with E-state index in [1.807, 2.05) is 4.90 Å². The summed E-state index contributed by atoms with van der Waals surface area (Å²) in [5, 5.41) is 6.02. The van der Waals surface area contributed by atoms with Crippen LogP contribution in [0.2, 0.25) is 5.02 Å². The van der Waals surface area contributed by atoms with Gasteiger partial charge in [-0.25, -0.2) is 4.98 Å². The minimum absolute atomic E-state index is 0.0621. The lowest BCUT2D eigenvalue weighted by atomic mass is 9.96. The highest BCUT2D eigenvalue weighted by Gasteiger charge is 2.68. The number of nitrogens with zero attached hydrogens (tertiary/aromatic N) is 2. The van der Waals surface area contributed by atoms with Crippen LogP contribution in [-0.2, 0) is 4.79 Å². The van der Waals surface area contributed by atoms with Crippen LogP contribution in [0.4, 0.5) is 5.69 Å². The fourth-order valence-corrected chi connectivity index (χ4v) is 6.09. The van der Waals surface area contributed by atoms with Crippen LogP contribution in [0.3, 0.4) is 0 Å². The maximum absolute atomic E-state index is 13.0. The first kappa shape index (κ1) is 23.1. The lowest BCUT2D eigenvalue weighted by Crippen LogP contribution is -2.39. The van der Waals surface area contributed by atoms with E-state index < -0.39 is 0 Å². The number of anilines is 1. The van der Waals surface area contributed by atoms with E-state index in [4.69, 9.17) is 16.3 Å². The molecule has 32 heavy (non-hydrogen) atoms. The molecule has 0 spiro atoms. The zero-order valence-corrected chi connectivity index (χ0v) is 20.8. The second kappa shape index (κ2) is 8.34. The van der Waals surface area contributed by atoms with E-state index in [0.29, 0.717) is 22.2 Å². The number of likely N-dealkylation sites (tertiary alicyclic amines) is 1. The zero-order valence-electron chi connectivity index (χ0n) is 19.2. The number of thiazole rings is 1. The Morgan fingerprint density at radius 1 is 1.19 bits per heavy atom. The minimum atomic E-state index is -0.264. The summed E-state index contributed by atoms with van der Waals surface area (Å²) in [6.45, 7) is 10.2. The fraction of sp³-hybridized carbons (Fsp3) is 0.542. The first-order valence-corrected chi connectivity index (χ1v) is 12.2. The average Bonchev–Trinajstić information content (AvgIpc) is 3.08. The Morgan fingerprint density at radius 3 is 2.41 bits per heavy atom. The Labute approximate surface area is 198 Å². The summed E-state index contributed by atoms with van der Waals surface area (Å²) in [5.41, 5.74) is 1.11. The predicted molar refractivity (Wildman–Crippen MR) is 128 cm³/mol. The van der Waals surface area contributed by atoms with Crippen molar-refractivity contribution in [3.05, 3.63) is 39.3 Å². The maximum atomic E-state index is 13.0. The highest BCUT2D eigenvalue weighted by molar-refractivity contribution is 7.10. The molecule has 2 amide bonds. The van der Waals surface area contributed by atoms with Gasteiger partial charge in [-0.05, 0) is 41.9 Å². The van der Waals surface area contributed by atoms with Crippen LogP contribution in [0, 0.1) is 16.7 Å². The van der Waals surface area contributed by atoms with Crippen molar-refractivity contribution >= 4 is 40.4 Å². The van der Waals surface area contributed by atoms with Crippen LogP contribution >= 0.6 is 22.9 Å². The number of carbonyl (C=O) groups excluding carboxylic acids is 2. The van der Waals surface area contributed by atoms with Gasteiger partial charge in [-0.15, -0.1) is 11.3 Å². The van der Waals surface area contributed by atoms with Crippen molar-refractivity contribution in [1.29, 1.82) is 0 Å². The Kier molecular flexibility index (Phi) is 6.01. The third-order valence-electron chi connectivity index (χ3n) is 7.59. The molecule has 1 aromatic heterocycles. The van der Waals surface area contributed by atoms with Crippen molar-refractivity contribution in [3.8, 4) is 5.75 Å². The Hall–Kier alpha value is -2.12. The van der Waals surface area contributed by atoms with Crippen molar-refractivity contribution in [3.63, 3.8) is 0 Å². The van der Waals surface area contributed by atoms with Gasteiger partial charge in [-0.3, -0.25) is 9.59 Å². The molecule has 2 fully saturated rings. The molecule has 2 aromatic rings. The number of halogens is 1. The van der Waals surface area contributed by atoms with Gasteiger partial charge in [0.2, 0.25) is 5.91 Å². The first-order chi connectivity index (χ1) is 15.1. The number of aromatic nitrogens is 1. The second-order valence-electron chi connectivity index (χ2n) is 9.85. The van der Waals surface area contributed by atoms with Gasteiger partial charge in [0.1, 0.15) is 11.4 Å². The largest absolute Gasteiger partial charge is 0.495 e. The molecule has 2 heterocycles. The van der Waals surface area contributed by atoms with E-state index in [1.165, 1.54) is 11.3 Å². The van der Waals surface area contributed by atoms with Crippen molar-refractivity contribution in [2.45, 2.75) is 46.5 Å². The van der Waals surface area contributed by atoms with E-state index in [2.05, 4.69) is 38.0 Å². The van der Waals surface area contributed by atoms with Gasteiger partial charge < -0.3 is 15.0 Å². The third kappa shape index (κ3) is 4.01. The van der Waals surface area contributed by atoms with Crippen molar-refractivity contribution in [2.24, 2.45) is 16.7 Å². The molecule has 0 atom stereocenters. The predicted octanol–water partition coefficient (Wildman–Crippen LogP) is 5.45. The van der Waals surface area contributed by atoms with Gasteiger partial charge in [0.25, 0.3) is 5.91 Å². The SMILES string of the molecule is COc1ccc(NC(=O)c2csc(C3CCN(C(=O)C4C(C)(C)C4(C)C)CC3)n2)cc1Cl. The van der Waals surface area contributed by atoms with E-state index >= 15 is 0 Å². The highest BCUT2D eigenvalue weighted by atomic mass is 35.5. The molecule has 0 unspecified atom stereocenters. The van der Waals surface area contributed by atoms with Crippen molar-refractivity contribution in [2.75, 3.05) is 25.5 Å². The molecule has 8 heteroatoms. The summed E-state index contributed by atoms with van der Waals surface area (Å²) in [7, 11) is 1.55. The normalized spacial score (nSPS) is 20.1. The average molecular weight is 476 g/mol. The highest BCUT2D eigenvalue weighted by Crippen LogP contribution is 2.68. The maximum Gasteiger partial charge on any atom is 0.275 e. The number of benzene rings is 1. The summed E-state index contributed by atoms with van der Waals surface area (Å²) >= 11 is 7.65. The number of methoxy groups -OCH3 is 1. The lowest BCUT2D eigenvalue weighted by molar-refractivity contribution is -0.134. The number of carbonyl (C=O) groups is 2. The molecule has 6 nitrogen and oxygen atoms in total. The lowest BCUT2D eigenvalue weighted by Gasteiger charge is -2.31. The van der Waals surface area contributed by atoms with E-state index in [9.17, 15) is 9.59 Å². The second-order valence-corrected chi connectivity index (χ2v) is 11.1. The molecule has 1 saturated heterocycles. The van der Waals surface area contributed by atoms with Gasteiger partial charge in [-0.2, -0.15) is 0 Å². The molecular weight excluding hydrogens is 446 g/mol. The number of nitrogens with one attached hydrogen (secondary N) is 1. The summed E-state index contributed by atoms with van der Waals surface area (Å²) in [4.78, 5) is 32.3. The molecular formula is C24H30ClN3O3S. The molecule has 1 saturated carbocycles. The van der Waals surface area contributed by atoms with Gasteiger partial charge in [0.05, 0.1) is 17.1 Å². The molecule has 1 N–H and O–H groups in total. The molecule has 0 bridgehead atoms. The molecule has 4 rings (SSSR count). The summed E-state index contributed by atoms with van der Waals surface area (Å²) in [5.74, 6) is 0.962. The van der Waals surface area contributed by atoms with Crippen LogP contribution < -0.4 is 10.1 Å². The van der Waals surface area contributed by atoms with Gasteiger partial charge in [0.15, 0.2) is 0 Å². The molecule has 1 aliphatic carbocycles. The topological polar surface area (TPSA) is 71.5 Å². The number of amides is 2. The van der Waals surface area contributed by atoms with Crippen LogP contribution in [0.5, 0.6) is 5.75 Å². The smallest absolute Gasteiger partial charge is 0.275 e. The molecule has 1 aromatic carbocycles. The van der Waals surface area contributed by atoms with Crippen LogP contribution in [0.15, 0.2) is 23.6 Å². The Balaban J connectivity index is 1.34. The zero-order chi connectivity index (χ0) is 23.3. The Bertz CT molecular complexity index is 1030. The minimum Gasteiger partial charge on any atom is -0.495 e. The van der Waals surface area contributed by atoms with Gasteiger partial charge in [0, 0.05) is 36.0 Å². The van der Waals surface area contributed by atoms with Crippen LogP contribution in [0.25, 0.3) is 0 Å². The fourth-order valence-electron chi connectivity index (χ4n) is 4.86. The third-order valence-corrected chi connectivity index (χ3v) is 8.89. The molecule has 2 aliphatic rings. The number of piperidine rings is 1. The number of hydrogen-bond acceptors (Lipinski definition) is 5. The number of rotatable bonds is 5. The standard InChI is InChI=1S/C24H30ClN3O3S/c1-23(2)19(24(23,3)4)22(30)28-10-8-14(9-11-28)21-27-17(13-32-21)20(29)26-15-6-7-18(31-5)16(25)12-15/h6-7,12-14,19H,8-11H2,1-5H3,(H,26,29). The van der Waals surface area contributed by atoms with Crippen molar-refractivity contribution < 1.29 is 14.3 Å². The first-order valence-electron chi connectivity index (χ1n) is 11.0. The molecule has 172 valence electrons. The van der Waals surface area contributed by atoms with E-state index in [0.717, 1.165) is 30.9 Å². The number of ether oxygens (including phenoxy) is 1. The summed E-state index contributed by atoms with van der Waals surface area (Å²) in [6, 6.07) is 5.11. The molecule has 1 aliphatic heterocycles. The van der Waals surface area contributed by atoms with E-state index in [1.54, 1.807) is 30.7 Å². The summed E-state index contributed by atoms with van der Waals surface area (Å²) in [6.07, 6.45) is 1.75. The van der Waals surface area contributed by atoms with Crippen molar-refractivity contribution in [1.82, 2.24) is 9.88 Å². The van der Waals surface area contributed by atoms with E-state index in [-0.39, 0.29) is 34.5 Å². The van der Waals surface area contributed by atoms with Crippen LogP contribution in [0.1, 0.15) is 62.0 Å². The number of hydrogen-bond donors (Lipinski definition) is 1. The van der Waals surface area contributed by atoms with Gasteiger partial charge >= 0.3 is 0 Å².